The van der Waals surface area contributed by atoms with Gasteiger partial charge in [0.15, 0.2) is 5.78 Å². The van der Waals surface area contributed by atoms with Crippen molar-refractivity contribution in [1.82, 2.24) is 14.4 Å². The van der Waals surface area contributed by atoms with Crippen molar-refractivity contribution >= 4 is 27.4 Å². The lowest BCUT2D eigenvalue weighted by atomic mass is 10.1. The van der Waals surface area contributed by atoms with Crippen LogP contribution in [0.1, 0.15) is 32.1 Å². The van der Waals surface area contributed by atoms with Crippen molar-refractivity contribution in [3.63, 3.8) is 0 Å². The van der Waals surface area contributed by atoms with Gasteiger partial charge >= 0.3 is 0 Å². The molecule has 4 N–H and O–H groups in total. The third-order valence-corrected chi connectivity index (χ3v) is 7.36. The number of Topliss-reactive ketones (excluding diaryl/α,β-unsaturated/α-hetero) is 1. The largest absolute Gasteiger partial charge is 0.396 e. The van der Waals surface area contributed by atoms with Gasteiger partial charge in [-0.25, -0.2) is 17.9 Å². The van der Waals surface area contributed by atoms with Crippen molar-refractivity contribution in [2.45, 2.75) is 18.7 Å². The second-order valence-corrected chi connectivity index (χ2v) is 10.4. The van der Waals surface area contributed by atoms with Crippen LogP contribution >= 0.6 is 0 Å². The number of amides is 1. The number of rotatable bonds is 6. The summed E-state index contributed by atoms with van der Waals surface area (Å²) < 4.78 is 38.7. The smallest absolute Gasteiger partial charge is 0.254 e. The number of piperazine rings is 1. The van der Waals surface area contributed by atoms with Crippen LogP contribution in [0, 0.1) is 19.7 Å². The zero-order valence-corrected chi connectivity index (χ0v) is 20.9. The van der Waals surface area contributed by atoms with Crippen LogP contribution in [0.5, 0.6) is 0 Å². The number of anilines is 1. The lowest BCUT2D eigenvalue weighted by Gasteiger charge is -2.34. The molecule has 0 saturated carbocycles. The molecule has 1 aliphatic heterocycles. The van der Waals surface area contributed by atoms with Gasteiger partial charge in [-0.3, -0.25) is 14.5 Å². The average Bonchev–Trinajstić information content (AvgIpc) is 3.14. The highest BCUT2D eigenvalue weighted by Gasteiger charge is 2.25. The molecule has 2 heterocycles. The van der Waals surface area contributed by atoms with Crippen LogP contribution in [-0.4, -0.2) is 67.2 Å². The Kier molecular flexibility index (Phi) is 6.98. The van der Waals surface area contributed by atoms with E-state index in [1.165, 1.54) is 24.3 Å². The molecule has 0 spiro atoms. The molecule has 9 nitrogen and oxygen atoms in total. The first kappa shape index (κ1) is 25.5. The number of nitrogens with zero attached hydrogens (tertiary/aromatic N) is 3. The topological polar surface area (TPSA) is 132 Å². The van der Waals surface area contributed by atoms with Crippen molar-refractivity contribution in [2.24, 2.45) is 5.14 Å². The summed E-state index contributed by atoms with van der Waals surface area (Å²) in [5.41, 5.74) is 8.63. The fourth-order valence-corrected chi connectivity index (χ4v) is 4.98. The summed E-state index contributed by atoms with van der Waals surface area (Å²) in [6, 6.07) is 12.0. The number of ketones is 1. The predicted octanol–water partition coefficient (Wildman–Crippen LogP) is 2.10. The van der Waals surface area contributed by atoms with E-state index in [0.717, 1.165) is 23.1 Å². The standard InChI is InChI=1S/C25H28FN5O4S/c1-16-13-21(17(2)31(16)19-4-6-20(7-5-19)36(28,34)35)24(32)15-29-9-11-30(12-10-29)25(33)18-3-8-23(27)22(26)14-18/h3-8,13-14H,9-12,15,27H2,1-2H3,(H2,28,34,35). The van der Waals surface area contributed by atoms with Gasteiger partial charge in [0, 0.05) is 54.4 Å². The number of benzene rings is 2. The fourth-order valence-electron chi connectivity index (χ4n) is 4.47. The van der Waals surface area contributed by atoms with Gasteiger partial charge < -0.3 is 15.2 Å². The third-order valence-electron chi connectivity index (χ3n) is 6.43. The van der Waals surface area contributed by atoms with E-state index in [4.69, 9.17) is 10.9 Å². The van der Waals surface area contributed by atoms with Gasteiger partial charge in [0.25, 0.3) is 5.91 Å². The number of aryl methyl sites for hydroxylation is 1. The lowest BCUT2D eigenvalue weighted by molar-refractivity contribution is 0.0624. The second kappa shape index (κ2) is 9.84. The van der Waals surface area contributed by atoms with Crippen LogP contribution < -0.4 is 10.9 Å². The molecule has 1 amide bonds. The minimum Gasteiger partial charge on any atom is -0.396 e. The maximum atomic E-state index is 13.7. The molecule has 11 heteroatoms. The molecule has 1 aliphatic rings. The number of hydrogen-bond donors (Lipinski definition) is 2. The van der Waals surface area contributed by atoms with Crippen molar-refractivity contribution in [1.29, 1.82) is 0 Å². The molecule has 0 unspecified atom stereocenters. The number of halogens is 1. The molecule has 0 atom stereocenters. The summed E-state index contributed by atoms with van der Waals surface area (Å²) in [6.07, 6.45) is 0. The Morgan fingerprint density at radius 1 is 0.972 bits per heavy atom. The number of nitrogen functional groups attached to an aromatic ring is 1. The molecular weight excluding hydrogens is 485 g/mol. The highest BCUT2D eigenvalue weighted by molar-refractivity contribution is 7.89. The number of hydrogen-bond acceptors (Lipinski definition) is 6. The zero-order valence-electron chi connectivity index (χ0n) is 20.1. The SMILES string of the molecule is Cc1cc(C(=O)CN2CCN(C(=O)c3ccc(N)c(F)c3)CC2)c(C)n1-c1ccc(S(N)(=O)=O)cc1. The van der Waals surface area contributed by atoms with Crippen LogP contribution in [0.4, 0.5) is 10.1 Å². The first-order valence-electron chi connectivity index (χ1n) is 11.4. The molecule has 36 heavy (non-hydrogen) atoms. The highest BCUT2D eigenvalue weighted by Crippen LogP contribution is 2.23. The van der Waals surface area contributed by atoms with E-state index >= 15 is 0 Å². The van der Waals surface area contributed by atoms with E-state index in [9.17, 15) is 22.4 Å². The minimum atomic E-state index is -3.79. The minimum absolute atomic E-state index is 0.00485. The van der Waals surface area contributed by atoms with E-state index in [1.807, 2.05) is 29.4 Å². The third kappa shape index (κ3) is 5.18. The Morgan fingerprint density at radius 3 is 2.19 bits per heavy atom. The first-order valence-corrected chi connectivity index (χ1v) is 12.9. The van der Waals surface area contributed by atoms with Crippen molar-refractivity contribution < 1.29 is 22.4 Å². The van der Waals surface area contributed by atoms with Crippen molar-refractivity contribution in [2.75, 3.05) is 38.5 Å². The summed E-state index contributed by atoms with van der Waals surface area (Å²) >= 11 is 0. The molecule has 0 aliphatic carbocycles. The van der Waals surface area contributed by atoms with E-state index in [-0.39, 0.29) is 34.4 Å². The van der Waals surface area contributed by atoms with Crippen LogP contribution in [0.3, 0.4) is 0 Å². The summed E-state index contributed by atoms with van der Waals surface area (Å²) in [4.78, 5) is 29.5. The highest BCUT2D eigenvalue weighted by atomic mass is 32.2. The summed E-state index contributed by atoms with van der Waals surface area (Å²) in [5.74, 6) is -0.934. The maximum Gasteiger partial charge on any atom is 0.254 e. The first-order chi connectivity index (χ1) is 17.0. The average molecular weight is 514 g/mol. The predicted molar refractivity (Wildman–Crippen MR) is 134 cm³/mol. The van der Waals surface area contributed by atoms with Gasteiger partial charge in [0.1, 0.15) is 5.82 Å². The summed E-state index contributed by atoms with van der Waals surface area (Å²) in [6.45, 7) is 5.80. The number of nitrogens with two attached hydrogens (primary N) is 2. The molecular formula is C25H28FN5O4S. The molecule has 2 aromatic carbocycles. The van der Waals surface area contributed by atoms with Gasteiger partial charge in [-0.1, -0.05) is 0 Å². The van der Waals surface area contributed by atoms with Gasteiger partial charge in [0.05, 0.1) is 17.1 Å². The zero-order chi connectivity index (χ0) is 26.2. The quantitative estimate of drug-likeness (QED) is 0.383. The van der Waals surface area contributed by atoms with Gasteiger partial charge in [-0.15, -0.1) is 0 Å². The van der Waals surface area contributed by atoms with Crippen molar-refractivity contribution in [3.8, 4) is 5.69 Å². The maximum absolute atomic E-state index is 13.7. The summed E-state index contributed by atoms with van der Waals surface area (Å²) in [5, 5.41) is 5.18. The number of carbonyl (C=O) groups excluding carboxylic acids is 2. The Bertz CT molecular complexity index is 1430. The molecule has 0 bridgehead atoms. The number of primary sulfonamides is 1. The fraction of sp³-hybridized carbons (Fsp3) is 0.280. The van der Waals surface area contributed by atoms with E-state index in [0.29, 0.717) is 31.7 Å². The second-order valence-electron chi connectivity index (χ2n) is 8.89. The van der Waals surface area contributed by atoms with E-state index < -0.39 is 15.8 Å². The monoisotopic (exact) mass is 513 g/mol. The Labute approximate surface area is 209 Å². The van der Waals surface area contributed by atoms with Crippen LogP contribution in [0.25, 0.3) is 5.69 Å². The molecule has 0 radical (unpaired) electrons. The van der Waals surface area contributed by atoms with Crippen molar-refractivity contribution in [3.05, 3.63) is 76.9 Å². The normalized spacial score (nSPS) is 14.7. The number of carbonyl (C=O) groups is 2. The Hall–Kier alpha value is -3.54. The molecule has 1 fully saturated rings. The Morgan fingerprint density at radius 2 is 1.61 bits per heavy atom. The van der Waals surface area contributed by atoms with Crippen LogP contribution in [0.2, 0.25) is 0 Å². The van der Waals surface area contributed by atoms with Gasteiger partial charge in [-0.2, -0.15) is 0 Å². The number of sulfonamides is 1. The van der Waals surface area contributed by atoms with E-state index in [1.54, 1.807) is 17.0 Å². The Balaban J connectivity index is 1.41. The molecule has 4 rings (SSSR count). The summed E-state index contributed by atoms with van der Waals surface area (Å²) in [7, 11) is -3.79. The van der Waals surface area contributed by atoms with E-state index in [2.05, 4.69) is 0 Å². The molecule has 190 valence electrons. The molecule has 3 aromatic rings. The molecule has 1 saturated heterocycles. The van der Waals surface area contributed by atoms with Gasteiger partial charge in [0.2, 0.25) is 10.0 Å². The van der Waals surface area contributed by atoms with Crippen LogP contribution in [-0.2, 0) is 10.0 Å². The lowest BCUT2D eigenvalue weighted by Crippen LogP contribution is -2.49. The number of aromatic nitrogens is 1. The van der Waals surface area contributed by atoms with Gasteiger partial charge in [-0.05, 0) is 62.4 Å². The molecule has 1 aromatic heterocycles. The van der Waals surface area contributed by atoms with Crippen LogP contribution in [0.15, 0.2) is 53.4 Å².